The van der Waals surface area contributed by atoms with Crippen molar-refractivity contribution in [3.63, 3.8) is 0 Å². The van der Waals surface area contributed by atoms with Crippen LogP contribution in [-0.4, -0.2) is 30.9 Å². The maximum Gasteiger partial charge on any atom is 0.342 e. The van der Waals surface area contributed by atoms with E-state index in [1.165, 1.54) is 12.1 Å². The molecule has 0 aliphatic carbocycles. The molecule has 0 fully saturated rings. The van der Waals surface area contributed by atoms with Crippen LogP contribution in [-0.2, 0) is 9.53 Å². The number of hydrogen-bond donors (Lipinski definition) is 2. The number of esters is 1. The Kier molecular flexibility index (Phi) is 7.25. The van der Waals surface area contributed by atoms with Gasteiger partial charge in [-0.05, 0) is 44.2 Å². The maximum absolute atomic E-state index is 13.0. The fraction of sp³-hybridized carbons (Fsp3) is 0.143. The van der Waals surface area contributed by atoms with Crippen molar-refractivity contribution >= 4 is 34.4 Å². The number of amides is 2. The number of nitrogens with one attached hydrogen (secondary N) is 2. The van der Waals surface area contributed by atoms with E-state index in [4.69, 9.17) is 9.15 Å². The number of hydrogen-bond acceptors (Lipinski definition) is 6. The zero-order valence-electron chi connectivity index (χ0n) is 19.8. The Labute approximate surface area is 206 Å². The molecule has 4 rings (SSSR count). The molecule has 0 saturated carbocycles. The van der Waals surface area contributed by atoms with E-state index in [1.54, 1.807) is 37.3 Å². The summed E-state index contributed by atoms with van der Waals surface area (Å²) in [5, 5.41) is 5.53. The van der Waals surface area contributed by atoms with Crippen molar-refractivity contribution in [3.05, 3.63) is 99.7 Å². The van der Waals surface area contributed by atoms with E-state index in [1.807, 2.05) is 37.3 Å². The lowest BCUT2D eigenvalue weighted by Crippen LogP contribution is -2.23. The molecule has 2 N–H and O–H groups in total. The van der Waals surface area contributed by atoms with Crippen LogP contribution in [0.3, 0.4) is 0 Å². The standard InChI is InChI=1S/C28H24N2O6/c1-3-29-27(33)19-11-7-12-20(15-19)30-23(31)16-35-28(34)22-14-8-13-21-24(32)17(2)25(36-26(21)22)18-9-5-4-6-10-18/h4-15H,3,16H2,1-2H3,(H,29,33)(H,30,31). The lowest BCUT2D eigenvalue weighted by molar-refractivity contribution is -0.119. The second kappa shape index (κ2) is 10.7. The molecule has 8 heteroatoms. The number of anilines is 1. The van der Waals surface area contributed by atoms with E-state index in [0.29, 0.717) is 34.7 Å². The van der Waals surface area contributed by atoms with Crippen molar-refractivity contribution in [2.45, 2.75) is 13.8 Å². The average molecular weight is 485 g/mol. The van der Waals surface area contributed by atoms with Gasteiger partial charge in [0.1, 0.15) is 11.3 Å². The van der Waals surface area contributed by atoms with Gasteiger partial charge >= 0.3 is 5.97 Å². The quantitative estimate of drug-likeness (QED) is 0.378. The normalized spacial score (nSPS) is 10.6. The van der Waals surface area contributed by atoms with Gasteiger partial charge in [-0.25, -0.2) is 4.79 Å². The van der Waals surface area contributed by atoms with Crippen LogP contribution in [0.5, 0.6) is 0 Å². The summed E-state index contributed by atoms with van der Waals surface area (Å²) in [6, 6.07) is 20.1. The van der Waals surface area contributed by atoms with Crippen molar-refractivity contribution in [3.8, 4) is 11.3 Å². The van der Waals surface area contributed by atoms with Crippen molar-refractivity contribution < 1.29 is 23.5 Å². The largest absolute Gasteiger partial charge is 0.455 e. The Bertz CT molecular complexity index is 1510. The second-order valence-corrected chi connectivity index (χ2v) is 8.00. The summed E-state index contributed by atoms with van der Waals surface area (Å²) in [6.07, 6.45) is 0. The fourth-order valence-electron chi connectivity index (χ4n) is 3.74. The molecule has 182 valence electrons. The third kappa shape index (κ3) is 5.17. The third-order valence-electron chi connectivity index (χ3n) is 5.48. The van der Waals surface area contributed by atoms with Gasteiger partial charge in [-0.2, -0.15) is 0 Å². The van der Waals surface area contributed by atoms with Gasteiger partial charge in [0.25, 0.3) is 11.8 Å². The molecule has 0 atom stereocenters. The van der Waals surface area contributed by atoms with E-state index in [2.05, 4.69) is 10.6 Å². The monoisotopic (exact) mass is 484 g/mol. The van der Waals surface area contributed by atoms with Crippen LogP contribution in [0.2, 0.25) is 0 Å². The molecule has 36 heavy (non-hydrogen) atoms. The Morgan fingerprint density at radius 2 is 1.69 bits per heavy atom. The maximum atomic E-state index is 13.0. The Balaban J connectivity index is 1.53. The molecule has 0 bridgehead atoms. The molecule has 4 aromatic rings. The Morgan fingerprint density at radius 3 is 2.44 bits per heavy atom. The number of benzene rings is 3. The molecule has 1 aromatic heterocycles. The van der Waals surface area contributed by atoms with Crippen LogP contribution < -0.4 is 16.1 Å². The van der Waals surface area contributed by atoms with Crippen molar-refractivity contribution in [2.24, 2.45) is 0 Å². The van der Waals surface area contributed by atoms with E-state index in [9.17, 15) is 19.2 Å². The summed E-state index contributed by atoms with van der Waals surface area (Å²) in [4.78, 5) is 50.2. The van der Waals surface area contributed by atoms with Gasteiger partial charge in [0, 0.05) is 28.9 Å². The van der Waals surface area contributed by atoms with Crippen LogP contribution in [0, 0.1) is 6.92 Å². The van der Waals surface area contributed by atoms with Gasteiger partial charge in [0.2, 0.25) is 0 Å². The first kappa shape index (κ1) is 24.4. The predicted octanol–water partition coefficient (Wildman–Crippen LogP) is 4.31. The van der Waals surface area contributed by atoms with Gasteiger partial charge in [0.05, 0.1) is 5.39 Å². The molecule has 0 radical (unpaired) electrons. The smallest absolute Gasteiger partial charge is 0.342 e. The predicted molar refractivity (Wildman–Crippen MR) is 136 cm³/mol. The summed E-state index contributed by atoms with van der Waals surface area (Å²) in [6.45, 7) is 3.39. The van der Waals surface area contributed by atoms with Crippen molar-refractivity contribution in [1.29, 1.82) is 0 Å². The molecule has 0 unspecified atom stereocenters. The number of fused-ring (bicyclic) bond motifs is 1. The van der Waals surface area contributed by atoms with Crippen LogP contribution in [0.1, 0.15) is 33.2 Å². The third-order valence-corrected chi connectivity index (χ3v) is 5.48. The summed E-state index contributed by atoms with van der Waals surface area (Å²) in [5.74, 6) is -1.29. The molecular weight excluding hydrogens is 460 g/mol. The van der Waals surface area contributed by atoms with E-state index in [-0.39, 0.29) is 27.9 Å². The molecule has 3 aromatic carbocycles. The van der Waals surface area contributed by atoms with Crippen LogP contribution in [0.25, 0.3) is 22.3 Å². The molecule has 8 nitrogen and oxygen atoms in total. The first-order chi connectivity index (χ1) is 17.4. The molecule has 0 spiro atoms. The summed E-state index contributed by atoms with van der Waals surface area (Å²) < 4.78 is 11.2. The highest BCUT2D eigenvalue weighted by Crippen LogP contribution is 2.27. The van der Waals surface area contributed by atoms with Gasteiger partial charge in [-0.15, -0.1) is 0 Å². The summed E-state index contributed by atoms with van der Waals surface area (Å²) in [5.41, 5.74) is 1.77. The van der Waals surface area contributed by atoms with Crippen molar-refractivity contribution in [1.82, 2.24) is 5.32 Å². The average Bonchev–Trinajstić information content (AvgIpc) is 2.89. The lowest BCUT2D eigenvalue weighted by atomic mass is 10.0. The van der Waals surface area contributed by atoms with Crippen LogP contribution >= 0.6 is 0 Å². The van der Waals surface area contributed by atoms with E-state index < -0.39 is 18.5 Å². The minimum Gasteiger partial charge on any atom is -0.455 e. The van der Waals surface area contributed by atoms with E-state index in [0.717, 1.165) is 0 Å². The number of para-hydroxylation sites is 1. The molecule has 1 heterocycles. The van der Waals surface area contributed by atoms with Gasteiger partial charge < -0.3 is 19.8 Å². The highest BCUT2D eigenvalue weighted by molar-refractivity contribution is 6.03. The fourth-order valence-corrected chi connectivity index (χ4v) is 3.74. The second-order valence-electron chi connectivity index (χ2n) is 8.00. The number of carbonyl (C=O) groups is 3. The number of ether oxygens (including phenoxy) is 1. The topological polar surface area (TPSA) is 115 Å². The minimum absolute atomic E-state index is 0.0350. The highest BCUT2D eigenvalue weighted by atomic mass is 16.5. The molecule has 0 saturated heterocycles. The lowest BCUT2D eigenvalue weighted by Gasteiger charge is -2.11. The number of rotatable bonds is 7. The van der Waals surface area contributed by atoms with Crippen LogP contribution in [0.15, 0.2) is 82.0 Å². The summed E-state index contributed by atoms with van der Waals surface area (Å²) in [7, 11) is 0. The van der Waals surface area contributed by atoms with Crippen molar-refractivity contribution in [2.75, 3.05) is 18.5 Å². The highest BCUT2D eigenvalue weighted by Gasteiger charge is 2.20. The SMILES string of the molecule is CCNC(=O)c1cccc(NC(=O)COC(=O)c2cccc3c(=O)c(C)c(-c4ccccc4)oc23)c1. The zero-order chi connectivity index (χ0) is 25.7. The van der Waals surface area contributed by atoms with E-state index >= 15 is 0 Å². The molecule has 0 aliphatic rings. The Morgan fingerprint density at radius 1 is 0.944 bits per heavy atom. The Hall–Kier alpha value is -4.72. The summed E-state index contributed by atoms with van der Waals surface area (Å²) >= 11 is 0. The molecule has 2 amide bonds. The van der Waals surface area contributed by atoms with Crippen LogP contribution in [0.4, 0.5) is 5.69 Å². The zero-order valence-corrected chi connectivity index (χ0v) is 19.8. The minimum atomic E-state index is -0.808. The molecular formula is C28H24N2O6. The van der Waals surface area contributed by atoms with Gasteiger partial charge in [-0.3, -0.25) is 14.4 Å². The first-order valence-electron chi connectivity index (χ1n) is 11.4. The van der Waals surface area contributed by atoms with Gasteiger partial charge in [-0.1, -0.05) is 42.5 Å². The number of carbonyl (C=O) groups excluding carboxylic acids is 3. The molecule has 0 aliphatic heterocycles. The van der Waals surface area contributed by atoms with Gasteiger partial charge in [0.15, 0.2) is 17.6 Å². The first-order valence-corrected chi connectivity index (χ1v) is 11.4.